The molecule has 0 aliphatic heterocycles. The van der Waals surface area contributed by atoms with Gasteiger partial charge in [0.05, 0.1) is 5.92 Å². The maximum Gasteiger partial charge on any atom is 0.309 e. The van der Waals surface area contributed by atoms with Crippen molar-refractivity contribution in [3.8, 4) is 0 Å². The van der Waals surface area contributed by atoms with Gasteiger partial charge in [-0.25, -0.2) is 0 Å². The van der Waals surface area contributed by atoms with Crippen LogP contribution in [0.1, 0.15) is 97.3 Å². The van der Waals surface area contributed by atoms with Gasteiger partial charge in [0.1, 0.15) is 6.10 Å². The van der Waals surface area contributed by atoms with Gasteiger partial charge >= 0.3 is 5.97 Å². The highest BCUT2D eigenvalue weighted by atomic mass is 16.5. The van der Waals surface area contributed by atoms with Gasteiger partial charge in [0.2, 0.25) is 0 Å². The Balaban J connectivity index is 1.63. The van der Waals surface area contributed by atoms with Crippen molar-refractivity contribution in [2.75, 3.05) is 0 Å². The molecule has 2 aliphatic carbocycles. The lowest BCUT2D eigenvalue weighted by molar-refractivity contribution is -0.157. The first-order valence-electron chi connectivity index (χ1n) is 10.6. The van der Waals surface area contributed by atoms with Gasteiger partial charge in [0.25, 0.3) is 0 Å². The zero-order chi connectivity index (χ0) is 17.2. The lowest BCUT2D eigenvalue weighted by Crippen LogP contribution is -2.29. The fourth-order valence-corrected chi connectivity index (χ4v) is 4.29. The average molecular weight is 335 g/mol. The van der Waals surface area contributed by atoms with Crippen LogP contribution in [0.3, 0.4) is 0 Å². The van der Waals surface area contributed by atoms with Crippen LogP contribution in [0.4, 0.5) is 0 Å². The summed E-state index contributed by atoms with van der Waals surface area (Å²) in [5.41, 5.74) is 0. The Labute approximate surface area is 149 Å². The van der Waals surface area contributed by atoms with E-state index in [1.165, 1.54) is 57.8 Å². The van der Waals surface area contributed by atoms with Gasteiger partial charge in [-0.3, -0.25) is 4.79 Å². The third kappa shape index (κ3) is 6.61. The Morgan fingerprint density at radius 3 is 2.29 bits per heavy atom. The van der Waals surface area contributed by atoms with E-state index in [1.54, 1.807) is 0 Å². The highest BCUT2D eigenvalue weighted by molar-refractivity contribution is 5.72. The van der Waals surface area contributed by atoms with Crippen LogP contribution in [0.25, 0.3) is 0 Å². The van der Waals surface area contributed by atoms with Gasteiger partial charge in [-0.2, -0.15) is 0 Å². The first-order valence-corrected chi connectivity index (χ1v) is 10.6. The summed E-state index contributed by atoms with van der Waals surface area (Å²) in [4.78, 5) is 12.4. The first-order chi connectivity index (χ1) is 11.7. The molecule has 0 spiro atoms. The van der Waals surface area contributed by atoms with Crippen LogP contribution in [-0.4, -0.2) is 12.1 Å². The maximum atomic E-state index is 12.4. The number of hydrogen-bond acceptors (Lipinski definition) is 2. The van der Waals surface area contributed by atoms with Crippen molar-refractivity contribution in [1.29, 1.82) is 0 Å². The Hall–Kier alpha value is -0.790. The summed E-state index contributed by atoms with van der Waals surface area (Å²) in [6.45, 7) is 4.48. The molecule has 0 bridgehead atoms. The molecule has 138 valence electrons. The predicted octanol–water partition coefficient (Wildman–Crippen LogP) is 6.44. The summed E-state index contributed by atoms with van der Waals surface area (Å²) >= 11 is 0. The number of carbonyl (C=O) groups is 1. The van der Waals surface area contributed by atoms with Gasteiger partial charge in [-0.1, -0.05) is 51.7 Å². The van der Waals surface area contributed by atoms with Gasteiger partial charge in [-0.15, -0.1) is 0 Å². The summed E-state index contributed by atoms with van der Waals surface area (Å²) in [5.74, 6) is 1.86. The second kappa shape index (κ2) is 10.9. The standard InChI is InChI=1S/C22H38O2/c1-3-5-7-9-19-12-16-21(17-13-19)24-22(23)20-14-10-18(11-15-20)8-6-4-2/h7,9,18-21H,3-6,8,10-17H2,1-2H3/b9-7+/t18-,19?,20-,21?. The van der Waals surface area contributed by atoms with E-state index in [1.807, 2.05) is 0 Å². The molecule has 0 unspecified atom stereocenters. The van der Waals surface area contributed by atoms with Crippen molar-refractivity contribution in [2.45, 2.75) is 103 Å². The van der Waals surface area contributed by atoms with E-state index in [0.717, 1.165) is 31.6 Å². The molecule has 0 aromatic heterocycles. The molecule has 2 heteroatoms. The van der Waals surface area contributed by atoms with E-state index in [9.17, 15) is 4.79 Å². The fraction of sp³-hybridized carbons (Fsp3) is 0.864. The third-order valence-corrected chi connectivity index (χ3v) is 6.01. The molecular formula is C22H38O2. The Bertz CT molecular complexity index is 371. The van der Waals surface area contributed by atoms with Crippen LogP contribution in [0.15, 0.2) is 12.2 Å². The quantitative estimate of drug-likeness (QED) is 0.377. The normalized spacial score (nSPS) is 31.2. The lowest BCUT2D eigenvalue weighted by Gasteiger charge is -2.31. The number of rotatable bonds is 8. The predicted molar refractivity (Wildman–Crippen MR) is 101 cm³/mol. The number of esters is 1. The summed E-state index contributed by atoms with van der Waals surface area (Å²) in [5, 5.41) is 0. The van der Waals surface area contributed by atoms with E-state index in [0.29, 0.717) is 5.92 Å². The zero-order valence-corrected chi connectivity index (χ0v) is 16.0. The Morgan fingerprint density at radius 1 is 0.958 bits per heavy atom. The van der Waals surface area contributed by atoms with Gasteiger partial charge in [0.15, 0.2) is 0 Å². The second-order valence-electron chi connectivity index (χ2n) is 8.05. The van der Waals surface area contributed by atoms with E-state index < -0.39 is 0 Å². The van der Waals surface area contributed by atoms with Crippen molar-refractivity contribution in [3.63, 3.8) is 0 Å². The summed E-state index contributed by atoms with van der Waals surface area (Å²) in [7, 11) is 0. The van der Waals surface area contributed by atoms with Crippen molar-refractivity contribution < 1.29 is 9.53 Å². The maximum absolute atomic E-state index is 12.4. The van der Waals surface area contributed by atoms with Crippen LogP contribution < -0.4 is 0 Å². The van der Waals surface area contributed by atoms with Crippen molar-refractivity contribution in [1.82, 2.24) is 0 Å². The SMILES string of the molecule is CCC/C=C/C1CCC(OC(=O)[C@H]2CC[C@H](CCCC)CC2)CC1. The highest BCUT2D eigenvalue weighted by Gasteiger charge is 2.30. The number of allylic oxidation sites excluding steroid dienone is 2. The minimum atomic E-state index is 0.105. The van der Waals surface area contributed by atoms with Crippen LogP contribution >= 0.6 is 0 Å². The van der Waals surface area contributed by atoms with E-state index in [4.69, 9.17) is 4.74 Å². The molecule has 0 saturated heterocycles. The third-order valence-electron chi connectivity index (χ3n) is 6.01. The number of carbonyl (C=O) groups excluding carboxylic acids is 1. The van der Waals surface area contributed by atoms with Crippen LogP contribution in [0, 0.1) is 17.8 Å². The molecule has 2 fully saturated rings. The smallest absolute Gasteiger partial charge is 0.309 e. The molecule has 2 rings (SSSR count). The Kier molecular flexibility index (Phi) is 8.91. The molecule has 0 atom stereocenters. The topological polar surface area (TPSA) is 26.3 Å². The lowest BCUT2D eigenvalue weighted by atomic mass is 9.80. The van der Waals surface area contributed by atoms with Gasteiger partial charge in [-0.05, 0) is 69.6 Å². The highest BCUT2D eigenvalue weighted by Crippen LogP contribution is 2.34. The molecule has 0 N–H and O–H groups in total. The number of ether oxygens (including phenoxy) is 1. The van der Waals surface area contributed by atoms with Crippen molar-refractivity contribution in [3.05, 3.63) is 12.2 Å². The van der Waals surface area contributed by atoms with Crippen molar-refractivity contribution >= 4 is 5.97 Å². The minimum Gasteiger partial charge on any atom is -0.462 e. The molecule has 2 nitrogen and oxygen atoms in total. The average Bonchev–Trinajstić information content (AvgIpc) is 2.62. The second-order valence-corrected chi connectivity index (χ2v) is 8.05. The molecule has 0 radical (unpaired) electrons. The minimum absolute atomic E-state index is 0.105. The first kappa shape index (κ1) is 19.5. The summed E-state index contributed by atoms with van der Waals surface area (Å²) in [6, 6.07) is 0. The van der Waals surface area contributed by atoms with Crippen LogP contribution in [-0.2, 0) is 9.53 Å². The summed E-state index contributed by atoms with van der Waals surface area (Å²) < 4.78 is 5.86. The molecular weight excluding hydrogens is 296 g/mol. The van der Waals surface area contributed by atoms with E-state index >= 15 is 0 Å². The Morgan fingerprint density at radius 2 is 1.67 bits per heavy atom. The monoisotopic (exact) mass is 334 g/mol. The molecule has 0 aromatic rings. The molecule has 0 aromatic carbocycles. The molecule has 0 heterocycles. The molecule has 2 aliphatic rings. The van der Waals surface area contributed by atoms with Crippen LogP contribution in [0.2, 0.25) is 0 Å². The zero-order valence-electron chi connectivity index (χ0n) is 16.0. The molecule has 2 saturated carbocycles. The number of hydrogen-bond donors (Lipinski definition) is 0. The largest absolute Gasteiger partial charge is 0.462 e. The van der Waals surface area contributed by atoms with E-state index in [-0.39, 0.29) is 18.0 Å². The van der Waals surface area contributed by atoms with E-state index in [2.05, 4.69) is 26.0 Å². The molecule has 24 heavy (non-hydrogen) atoms. The number of unbranched alkanes of at least 4 members (excludes halogenated alkanes) is 2. The van der Waals surface area contributed by atoms with Crippen LogP contribution in [0.5, 0.6) is 0 Å². The molecule has 0 amide bonds. The fourth-order valence-electron chi connectivity index (χ4n) is 4.29. The van der Waals surface area contributed by atoms with Crippen molar-refractivity contribution in [2.24, 2.45) is 17.8 Å². The van der Waals surface area contributed by atoms with Gasteiger partial charge in [0, 0.05) is 0 Å². The van der Waals surface area contributed by atoms with Gasteiger partial charge < -0.3 is 4.74 Å². The summed E-state index contributed by atoms with van der Waals surface area (Å²) in [6.07, 6.45) is 20.4.